The SMILES string of the molecule is Cc1cc(Br)c2ccnc(Cl)c2c1. The van der Waals surface area contributed by atoms with Crippen LogP contribution >= 0.6 is 27.5 Å². The summed E-state index contributed by atoms with van der Waals surface area (Å²) < 4.78 is 1.06. The molecule has 1 aromatic heterocycles. The van der Waals surface area contributed by atoms with Crippen molar-refractivity contribution < 1.29 is 0 Å². The van der Waals surface area contributed by atoms with E-state index in [0.29, 0.717) is 5.15 Å². The summed E-state index contributed by atoms with van der Waals surface area (Å²) in [6.45, 7) is 2.04. The van der Waals surface area contributed by atoms with E-state index >= 15 is 0 Å². The minimum atomic E-state index is 0.557. The highest BCUT2D eigenvalue weighted by atomic mass is 79.9. The molecule has 2 aromatic rings. The summed E-state index contributed by atoms with van der Waals surface area (Å²) in [5.41, 5.74) is 1.18. The third-order valence-corrected chi connectivity index (χ3v) is 2.88. The Balaban J connectivity index is 2.94. The molecule has 0 unspecified atom stereocenters. The Morgan fingerprint density at radius 3 is 2.85 bits per heavy atom. The first-order valence-corrected chi connectivity index (χ1v) is 5.06. The fourth-order valence-corrected chi connectivity index (χ4v) is 2.26. The van der Waals surface area contributed by atoms with Gasteiger partial charge in [-0.3, -0.25) is 0 Å². The van der Waals surface area contributed by atoms with Gasteiger partial charge in [0.2, 0.25) is 0 Å². The van der Waals surface area contributed by atoms with E-state index in [1.54, 1.807) is 6.20 Å². The van der Waals surface area contributed by atoms with Crippen LogP contribution < -0.4 is 0 Å². The molecule has 0 amide bonds. The van der Waals surface area contributed by atoms with Crippen molar-refractivity contribution in [2.24, 2.45) is 0 Å². The third-order valence-electron chi connectivity index (χ3n) is 1.93. The summed E-state index contributed by atoms with van der Waals surface area (Å²) in [6, 6.07) is 6.05. The van der Waals surface area contributed by atoms with Crippen molar-refractivity contribution in [3.8, 4) is 0 Å². The number of pyridine rings is 1. The Morgan fingerprint density at radius 2 is 2.08 bits per heavy atom. The van der Waals surface area contributed by atoms with Gasteiger partial charge in [0.05, 0.1) is 0 Å². The quantitative estimate of drug-likeness (QED) is 0.650. The zero-order valence-corrected chi connectivity index (χ0v) is 9.35. The van der Waals surface area contributed by atoms with Crippen LogP contribution in [0.25, 0.3) is 10.8 Å². The Kier molecular flexibility index (Phi) is 2.26. The molecule has 66 valence electrons. The summed E-state index contributed by atoms with van der Waals surface area (Å²) in [5.74, 6) is 0. The minimum Gasteiger partial charge on any atom is -0.244 e. The van der Waals surface area contributed by atoms with Gasteiger partial charge >= 0.3 is 0 Å². The van der Waals surface area contributed by atoms with Crippen molar-refractivity contribution in [1.82, 2.24) is 4.98 Å². The highest BCUT2D eigenvalue weighted by Gasteiger charge is 2.03. The topological polar surface area (TPSA) is 12.9 Å². The number of benzene rings is 1. The van der Waals surface area contributed by atoms with Gasteiger partial charge in [0, 0.05) is 21.4 Å². The Morgan fingerprint density at radius 1 is 1.31 bits per heavy atom. The smallest absolute Gasteiger partial charge is 0.136 e. The van der Waals surface area contributed by atoms with E-state index in [0.717, 1.165) is 15.2 Å². The van der Waals surface area contributed by atoms with Crippen LogP contribution in [0.1, 0.15) is 5.56 Å². The second kappa shape index (κ2) is 3.28. The molecule has 0 spiro atoms. The van der Waals surface area contributed by atoms with Crippen LogP contribution in [0.5, 0.6) is 0 Å². The van der Waals surface area contributed by atoms with Gasteiger partial charge in [-0.15, -0.1) is 0 Å². The number of halogens is 2. The first-order valence-electron chi connectivity index (χ1n) is 3.89. The molecule has 0 atom stereocenters. The number of rotatable bonds is 0. The molecule has 1 heterocycles. The summed E-state index contributed by atoms with van der Waals surface area (Å²) >= 11 is 9.46. The molecule has 13 heavy (non-hydrogen) atoms. The monoisotopic (exact) mass is 255 g/mol. The fraction of sp³-hybridized carbons (Fsp3) is 0.100. The number of fused-ring (bicyclic) bond motifs is 1. The number of aromatic nitrogens is 1. The predicted octanol–water partition coefficient (Wildman–Crippen LogP) is 3.96. The standard InChI is InChI=1S/C10H7BrClN/c1-6-4-8-7(9(11)5-6)2-3-13-10(8)12/h2-5H,1H3. The summed E-state index contributed by atoms with van der Waals surface area (Å²) in [4.78, 5) is 4.03. The number of hydrogen-bond donors (Lipinski definition) is 0. The molecule has 0 radical (unpaired) electrons. The Hall–Kier alpha value is -0.600. The van der Waals surface area contributed by atoms with Crippen LogP contribution in [0.4, 0.5) is 0 Å². The lowest BCUT2D eigenvalue weighted by Gasteiger charge is -2.03. The van der Waals surface area contributed by atoms with E-state index in [9.17, 15) is 0 Å². The van der Waals surface area contributed by atoms with Crippen molar-refractivity contribution in [1.29, 1.82) is 0 Å². The lowest BCUT2D eigenvalue weighted by Crippen LogP contribution is -1.82. The van der Waals surface area contributed by atoms with Gasteiger partial charge in [-0.2, -0.15) is 0 Å². The van der Waals surface area contributed by atoms with Gasteiger partial charge in [0.25, 0.3) is 0 Å². The van der Waals surface area contributed by atoms with Crippen LogP contribution in [-0.4, -0.2) is 4.98 Å². The van der Waals surface area contributed by atoms with Crippen molar-refractivity contribution >= 4 is 38.3 Å². The van der Waals surface area contributed by atoms with Crippen LogP contribution in [0, 0.1) is 6.92 Å². The molecule has 1 nitrogen and oxygen atoms in total. The third kappa shape index (κ3) is 1.56. The summed E-state index contributed by atoms with van der Waals surface area (Å²) in [7, 11) is 0. The number of aryl methyl sites for hydroxylation is 1. The van der Waals surface area contributed by atoms with Gasteiger partial charge in [0.1, 0.15) is 5.15 Å². The molecule has 0 fully saturated rings. The molecular formula is C10H7BrClN. The average molecular weight is 257 g/mol. The second-order valence-electron chi connectivity index (χ2n) is 2.94. The first-order chi connectivity index (χ1) is 6.18. The van der Waals surface area contributed by atoms with Crippen LogP contribution in [0.3, 0.4) is 0 Å². The summed E-state index contributed by atoms with van der Waals surface area (Å²) in [6.07, 6.45) is 1.71. The van der Waals surface area contributed by atoms with Crippen LogP contribution in [0.2, 0.25) is 5.15 Å². The number of nitrogens with zero attached hydrogens (tertiary/aromatic N) is 1. The van der Waals surface area contributed by atoms with E-state index in [4.69, 9.17) is 11.6 Å². The van der Waals surface area contributed by atoms with Crippen molar-refractivity contribution in [3.63, 3.8) is 0 Å². The fourth-order valence-electron chi connectivity index (χ4n) is 1.34. The molecule has 0 bridgehead atoms. The van der Waals surface area contributed by atoms with Crippen LogP contribution in [-0.2, 0) is 0 Å². The predicted molar refractivity (Wildman–Crippen MR) is 59.2 cm³/mol. The maximum atomic E-state index is 5.97. The molecule has 0 aliphatic rings. The second-order valence-corrected chi connectivity index (χ2v) is 4.16. The van der Waals surface area contributed by atoms with Gasteiger partial charge in [0.15, 0.2) is 0 Å². The van der Waals surface area contributed by atoms with E-state index in [1.165, 1.54) is 5.56 Å². The van der Waals surface area contributed by atoms with Gasteiger partial charge in [-0.25, -0.2) is 4.98 Å². The largest absolute Gasteiger partial charge is 0.244 e. The average Bonchev–Trinajstić information content (AvgIpc) is 2.07. The van der Waals surface area contributed by atoms with Gasteiger partial charge in [-0.05, 0) is 30.7 Å². The van der Waals surface area contributed by atoms with Gasteiger partial charge in [-0.1, -0.05) is 27.5 Å². The zero-order chi connectivity index (χ0) is 9.42. The minimum absolute atomic E-state index is 0.557. The van der Waals surface area contributed by atoms with Crippen molar-refractivity contribution in [2.45, 2.75) is 6.92 Å². The summed E-state index contributed by atoms with van der Waals surface area (Å²) in [5, 5.41) is 2.66. The zero-order valence-electron chi connectivity index (χ0n) is 7.01. The lowest BCUT2D eigenvalue weighted by molar-refractivity contribution is 1.35. The maximum Gasteiger partial charge on any atom is 0.136 e. The molecule has 0 aliphatic carbocycles. The highest BCUT2D eigenvalue weighted by molar-refractivity contribution is 9.10. The maximum absolute atomic E-state index is 5.97. The van der Waals surface area contributed by atoms with Crippen LogP contribution in [0.15, 0.2) is 28.9 Å². The molecular weight excluding hydrogens is 249 g/mol. The van der Waals surface area contributed by atoms with Crippen molar-refractivity contribution in [3.05, 3.63) is 39.6 Å². The molecule has 0 saturated carbocycles. The van der Waals surface area contributed by atoms with Crippen molar-refractivity contribution in [2.75, 3.05) is 0 Å². The molecule has 2 rings (SSSR count). The molecule has 0 saturated heterocycles. The highest BCUT2D eigenvalue weighted by Crippen LogP contribution is 2.28. The first kappa shape index (κ1) is 8.97. The Labute approximate surface area is 89.9 Å². The molecule has 3 heteroatoms. The molecule has 1 aromatic carbocycles. The molecule has 0 aliphatic heterocycles. The van der Waals surface area contributed by atoms with E-state index in [-0.39, 0.29) is 0 Å². The van der Waals surface area contributed by atoms with E-state index in [2.05, 4.69) is 27.0 Å². The van der Waals surface area contributed by atoms with E-state index in [1.807, 2.05) is 19.1 Å². The lowest BCUT2D eigenvalue weighted by atomic mass is 10.1. The Bertz CT molecular complexity index is 468. The van der Waals surface area contributed by atoms with E-state index < -0.39 is 0 Å². The normalized spacial score (nSPS) is 10.7. The number of hydrogen-bond acceptors (Lipinski definition) is 1. The molecule has 0 N–H and O–H groups in total. The van der Waals surface area contributed by atoms with Gasteiger partial charge < -0.3 is 0 Å².